The van der Waals surface area contributed by atoms with Crippen LogP contribution in [0.1, 0.15) is 53.4 Å². The Kier molecular flexibility index (Phi) is 75.4. The monoisotopic (exact) mass is 410 g/mol. The molecule has 4 heteroatoms. The van der Waals surface area contributed by atoms with Crippen LogP contribution in [0, 0.1) is 25.0 Å². The van der Waals surface area contributed by atoms with Crippen molar-refractivity contribution in [3.8, 4) is 0 Å². The average molecular weight is 411 g/mol. The number of hydrogen-bond donors (Lipinski definition) is 0. The Morgan fingerprint density at radius 2 is 1.05 bits per heavy atom. The summed E-state index contributed by atoms with van der Waals surface area (Å²) in [5, 5.41) is 0. The Bertz CT molecular complexity index is 197. The molecule has 0 saturated carbocycles. The zero-order chi connectivity index (χ0) is 13.9. The van der Waals surface area contributed by atoms with Crippen LogP contribution in [-0.2, 0) is 43.4 Å². The third kappa shape index (κ3) is 49.7. The van der Waals surface area contributed by atoms with Gasteiger partial charge in [-0.05, 0) is 0 Å². The van der Waals surface area contributed by atoms with Gasteiger partial charge in [-0.15, -0.1) is 12.8 Å². The summed E-state index contributed by atoms with van der Waals surface area (Å²) in [6, 6.07) is 0. The van der Waals surface area contributed by atoms with E-state index >= 15 is 0 Å². The number of unbranched alkanes of at least 4 members (excludes halogenated alkanes) is 2. The molecule has 0 bridgehead atoms. The molecule has 0 aromatic carbocycles. The van der Waals surface area contributed by atoms with Crippen LogP contribution in [0.15, 0.2) is 36.5 Å². The van der Waals surface area contributed by atoms with E-state index in [9.17, 15) is 0 Å². The summed E-state index contributed by atoms with van der Waals surface area (Å²) >= 11 is 0. The van der Waals surface area contributed by atoms with Crippen molar-refractivity contribution < 1.29 is 68.2 Å². The van der Waals surface area contributed by atoms with Gasteiger partial charge in [-0.25, -0.2) is 24.3 Å². The molecule has 0 aromatic rings. The smallest absolute Gasteiger partial charge is 1.00 e. The Morgan fingerprint density at radius 1 is 0.773 bits per heavy atom. The molecule has 0 fully saturated rings. The van der Waals surface area contributed by atoms with E-state index in [0.717, 1.165) is 12.8 Å². The fraction of sp³-hybridized carbons (Fsp3) is 0.444. The van der Waals surface area contributed by atoms with Crippen molar-refractivity contribution in [2.45, 2.75) is 53.4 Å². The van der Waals surface area contributed by atoms with Gasteiger partial charge in [-0.2, -0.15) is 38.8 Å². The second-order valence-corrected chi connectivity index (χ2v) is 3.64. The van der Waals surface area contributed by atoms with Crippen LogP contribution in [0.3, 0.4) is 0 Å². The minimum atomic E-state index is 0. The van der Waals surface area contributed by atoms with Gasteiger partial charge in [0.05, 0.1) is 0 Å². The predicted molar refractivity (Wildman–Crippen MR) is 83.7 cm³/mol. The van der Waals surface area contributed by atoms with Gasteiger partial charge in [0.25, 0.3) is 0 Å². The summed E-state index contributed by atoms with van der Waals surface area (Å²) in [5.74, 6) is 0. The molecule has 0 aromatic heterocycles. The molecule has 0 nitrogen and oxygen atoms in total. The molecule has 0 spiro atoms. The molecule has 2 aliphatic rings. The maximum atomic E-state index is 2.99. The summed E-state index contributed by atoms with van der Waals surface area (Å²) in [6.45, 7) is 8.36. The third-order valence-electron chi connectivity index (χ3n) is 1.99. The first-order valence-electron chi connectivity index (χ1n) is 6.82. The fourth-order valence-corrected chi connectivity index (χ4v) is 0.680. The number of rotatable bonds is 2. The molecule has 0 amide bonds. The van der Waals surface area contributed by atoms with Crippen LogP contribution in [0.5, 0.6) is 0 Å². The van der Waals surface area contributed by atoms with Crippen molar-refractivity contribution in [1.82, 2.24) is 0 Å². The van der Waals surface area contributed by atoms with Crippen molar-refractivity contribution in [3.05, 3.63) is 61.4 Å². The van der Waals surface area contributed by atoms with Crippen LogP contribution >= 0.6 is 0 Å². The minimum absolute atomic E-state index is 0. The number of halogens is 2. The van der Waals surface area contributed by atoms with Gasteiger partial charge in [0, 0.05) is 0 Å². The summed E-state index contributed by atoms with van der Waals surface area (Å²) in [6.07, 6.45) is 26.6. The average Bonchev–Trinajstić information content (AvgIpc) is 3.14. The molecule has 22 heavy (non-hydrogen) atoms. The van der Waals surface area contributed by atoms with E-state index in [-0.39, 0.29) is 68.2 Å². The van der Waals surface area contributed by atoms with E-state index in [2.05, 4.69) is 64.8 Å². The van der Waals surface area contributed by atoms with E-state index in [1.54, 1.807) is 0 Å². The van der Waals surface area contributed by atoms with Gasteiger partial charge in [-0.3, -0.25) is 12.2 Å². The first kappa shape index (κ1) is 38.5. The summed E-state index contributed by atoms with van der Waals surface area (Å²) in [7, 11) is 0. The van der Waals surface area contributed by atoms with E-state index in [0.29, 0.717) is 0 Å². The van der Waals surface area contributed by atoms with Gasteiger partial charge in [0.2, 0.25) is 0 Å². The standard InChI is InChI=1S/2C5H5.2C4H9.2ClH.2Ti/c2*1-2-4-5-3-1;2*1-3-4-2;;;;/h2*1-3H,4H2;2*3H,4H2,1-2H3;2*1H;;/q4*-1;;;2*+3/p-2. The predicted octanol–water partition coefficient (Wildman–Crippen LogP) is -0.144. The van der Waals surface area contributed by atoms with Crippen molar-refractivity contribution in [1.29, 1.82) is 0 Å². The van der Waals surface area contributed by atoms with Crippen molar-refractivity contribution >= 4 is 0 Å². The second-order valence-electron chi connectivity index (χ2n) is 3.64. The van der Waals surface area contributed by atoms with Crippen LogP contribution in [0.2, 0.25) is 0 Å². The van der Waals surface area contributed by atoms with Gasteiger partial charge < -0.3 is 37.7 Å². The van der Waals surface area contributed by atoms with E-state index in [1.807, 2.05) is 24.3 Å². The van der Waals surface area contributed by atoms with E-state index < -0.39 is 0 Å². The molecule has 0 saturated heterocycles. The molecule has 0 unspecified atom stereocenters. The normalized spacial score (nSPS) is 10.7. The Morgan fingerprint density at radius 3 is 1.09 bits per heavy atom. The molecule has 2 radical (unpaired) electrons. The largest absolute Gasteiger partial charge is 3.00 e. The molecule has 0 heterocycles. The summed E-state index contributed by atoms with van der Waals surface area (Å²) in [4.78, 5) is 0. The first-order chi connectivity index (χ1) is 8.83. The molecule has 0 N–H and O–H groups in total. The van der Waals surface area contributed by atoms with Crippen LogP contribution in [0.25, 0.3) is 0 Å². The Hall–Kier alpha value is 0.969. The fourth-order valence-electron chi connectivity index (χ4n) is 0.680. The first-order valence-corrected chi connectivity index (χ1v) is 6.82. The third-order valence-corrected chi connectivity index (χ3v) is 1.99. The van der Waals surface area contributed by atoms with Gasteiger partial charge in [-0.1, -0.05) is 13.8 Å². The maximum Gasteiger partial charge on any atom is 3.00 e. The van der Waals surface area contributed by atoms with Crippen LogP contribution < -0.4 is 24.8 Å². The summed E-state index contributed by atoms with van der Waals surface area (Å²) < 4.78 is 0. The molecular weight excluding hydrogens is 383 g/mol. The SMILES string of the molecule is C[CH-]CC.C[CH-]CC.[C-]1=CC=CC1.[C-]1=CC=CC1.[Cl-].[Cl-].[Ti+3].[Ti+3]. The quantitative estimate of drug-likeness (QED) is 0.439. The molecular formula is C18H28Cl2Ti2. The minimum Gasteiger partial charge on any atom is -1.00 e. The topological polar surface area (TPSA) is 0 Å². The molecule has 122 valence electrons. The van der Waals surface area contributed by atoms with E-state index in [4.69, 9.17) is 0 Å². The molecule has 0 aliphatic heterocycles. The van der Waals surface area contributed by atoms with Crippen LogP contribution in [0.4, 0.5) is 0 Å². The van der Waals surface area contributed by atoms with Crippen molar-refractivity contribution in [2.24, 2.45) is 0 Å². The van der Waals surface area contributed by atoms with Crippen molar-refractivity contribution in [3.63, 3.8) is 0 Å². The van der Waals surface area contributed by atoms with Gasteiger partial charge >= 0.3 is 43.4 Å². The second kappa shape index (κ2) is 43.1. The van der Waals surface area contributed by atoms with Gasteiger partial charge in [0.1, 0.15) is 0 Å². The zero-order valence-corrected chi connectivity index (χ0v) is 18.8. The van der Waals surface area contributed by atoms with Gasteiger partial charge in [0.15, 0.2) is 0 Å². The molecule has 2 rings (SSSR count). The number of hydrogen-bond acceptors (Lipinski definition) is 0. The summed E-state index contributed by atoms with van der Waals surface area (Å²) in [5.41, 5.74) is 0. The van der Waals surface area contributed by atoms with E-state index in [1.165, 1.54) is 12.8 Å². The number of allylic oxidation sites excluding steroid dienone is 8. The maximum absolute atomic E-state index is 2.99. The Labute approximate surface area is 182 Å². The molecule has 0 atom stereocenters. The zero-order valence-electron chi connectivity index (χ0n) is 14.2. The van der Waals surface area contributed by atoms with Crippen LogP contribution in [-0.4, -0.2) is 0 Å². The van der Waals surface area contributed by atoms with Crippen molar-refractivity contribution in [2.75, 3.05) is 0 Å². The molecule has 2 aliphatic carbocycles. The Balaban J connectivity index is -0.0000000369.